The molecule has 2 atom stereocenters. The third kappa shape index (κ3) is 5.58. The largest absolute Gasteiger partial charge is 0.342 e. The molecule has 220 valence electrons. The molecule has 11 heteroatoms. The van der Waals surface area contributed by atoms with Crippen LogP contribution in [0.4, 0.5) is 5.69 Å². The molecule has 0 radical (unpaired) electrons. The van der Waals surface area contributed by atoms with Crippen LogP contribution < -0.4 is 4.31 Å². The van der Waals surface area contributed by atoms with Gasteiger partial charge in [0.05, 0.1) is 22.8 Å². The molecule has 0 aliphatic carbocycles. The normalized spacial score (nSPS) is 21.9. The summed E-state index contributed by atoms with van der Waals surface area (Å²) in [7, 11) is -1.57. The van der Waals surface area contributed by atoms with Crippen LogP contribution in [-0.2, 0) is 28.4 Å². The van der Waals surface area contributed by atoms with E-state index >= 15 is 0 Å². The number of aryl methyl sites for hydroxylation is 1. The number of nitrogens with zero attached hydrogens (tertiary/aromatic N) is 5. The molecule has 1 amide bonds. The first kappa shape index (κ1) is 28.8. The smallest absolute Gasteiger partial charge is 0.248 e. The maximum absolute atomic E-state index is 13.8. The number of piperidine rings is 1. The van der Waals surface area contributed by atoms with Gasteiger partial charge in [-0.25, -0.2) is 13.4 Å². The van der Waals surface area contributed by atoms with Crippen molar-refractivity contribution in [3.8, 4) is 10.7 Å². The van der Waals surface area contributed by atoms with Gasteiger partial charge in [-0.2, -0.15) is 0 Å². The Morgan fingerprint density at radius 2 is 1.98 bits per heavy atom. The summed E-state index contributed by atoms with van der Waals surface area (Å²) >= 11 is 3.05. The van der Waals surface area contributed by atoms with E-state index in [2.05, 4.69) is 20.4 Å². The Morgan fingerprint density at radius 1 is 1.17 bits per heavy atom. The number of hydrogen-bond donors (Lipinski definition) is 0. The van der Waals surface area contributed by atoms with Gasteiger partial charge >= 0.3 is 0 Å². The highest BCUT2D eigenvalue weighted by atomic mass is 32.3. The van der Waals surface area contributed by atoms with Crippen LogP contribution in [0.25, 0.3) is 21.6 Å². The van der Waals surface area contributed by atoms with Crippen LogP contribution in [0.1, 0.15) is 50.8 Å². The lowest BCUT2D eigenvalue weighted by atomic mass is 9.96. The van der Waals surface area contributed by atoms with Gasteiger partial charge in [-0.1, -0.05) is 18.2 Å². The van der Waals surface area contributed by atoms with Crippen molar-refractivity contribution < 1.29 is 13.2 Å². The van der Waals surface area contributed by atoms with E-state index in [0.29, 0.717) is 18.0 Å². The Kier molecular flexibility index (Phi) is 8.24. The van der Waals surface area contributed by atoms with Crippen LogP contribution in [0, 0.1) is 5.92 Å². The highest BCUT2D eigenvalue weighted by Crippen LogP contribution is 2.40. The average molecular weight is 614 g/mol. The Balaban J connectivity index is 1.24. The number of sulfonamides is 1. The number of benzene rings is 1. The van der Waals surface area contributed by atoms with Gasteiger partial charge < -0.3 is 9.47 Å². The minimum atomic E-state index is -3.57. The SMILES string of the molecule is CC(C)N(c1cccc2cc(-c3ncc(CN4CCCC(C(=O)N5CCCC5)C4)s3)n(C)c12)S(=O)(=O)C1CC=CS1. The van der Waals surface area contributed by atoms with Gasteiger partial charge in [0.2, 0.25) is 15.9 Å². The fourth-order valence-electron chi connectivity index (χ4n) is 6.49. The highest BCUT2D eigenvalue weighted by Gasteiger charge is 2.36. The molecule has 2 fully saturated rings. The minimum Gasteiger partial charge on any atom is -0.342 e. The molecule has 3 aliphatic heterocycles. The standard InChI is InChI=1S/C30H39N5O3S3/c1-21(2)35(41(37,38)27-12-8-16-39-27)25-11-6-9-22-17-26(32(3)28(22)25)29-31-18-24(40-29)20-33-13-7-10-23(19-33)30(36)34-14-4-5-15-34/h6,8-9,11,16-18,21,23,27H,4-5,7,10,12-15,19-20H2,1-3H3. The van der Waals surface area contributed by atoms with Gasteiger partial charge in [-0.15, -0.1) is 23.1 Å². The van der Waals surface area contributed by atoms with Gasteiger partial charge in [-0.3, -0.25) is 14.0 Å². The second-order valence-corrected chi connectivity index (χ2v) is 16.2. The van der Waals surface area contributed by atoms with Crippen molar-refractivity contribution in [3.05, 3.63) is 46.8 Å². The van der Waals surface area contributed by atoms with E-state index in [0.717, 1.165) is 80.0 Å². The number of carbonyl (C=O) groups excluding carboxylic acids is 1. The maximum atomic E-state index is 13.8. The summed E-state index contributed by atoms with van der Waals surface area (Å²) in [5.74, 6) is 0.438. The first-order chi connectivity index (χ1) is 19.7. The molecule has 8 nitrogen and oxygen atoms in total. The minimum absolute atomic E-state index is 0.101. The van der Waals surface area contributed by atoms with Crippen LogP contribution in [0.2, 0.25) is 0 Å². The molecular weight excluding hydrogens is 575 g/mol. The van der Waals surface area contributed by atoms with Crippen molar-refractivity contribution in [2.75, 3.05) is 30.5 Å². The molecule has 0 N–H and O–H groups in total. The highest BCUT2D eigenvalue weighted by molar-refractivity contribution is 8.15. The predicted molar refractivity (Wildman–Crippen MR) is 170 cm³/mol. The zero-order chi connectivity index (χ0) is 28.7. The molecule has 2 unspecified atom stereocenters. The summed E-state index contributed by atoms with van der Waals surface area (Å²) in [6, 6.07) is 7.79. The predicted octanol–water partition coefficient (Wildman–Crippen LogP) is 5.66. The maximum Gasteiger partial charge on any atom is 0.248 e. The second-order valence-electron chi connectivity index (χ2n) is 11.6. The van der Waals surface area contributed by atoms with E-state index in [4.69, 9.17) is 4.98 Å². The van der Waals surface area contributed by atoms with E-state index in [-0.39, 0.29) is 12.0 Å². The lowest BCUT2D eigenvalue weighted by Crippen LogP contribution is -2.43. The third-order valence-electron chi connectivity index (χ3n) is 8.43. The van der Waals surface area contributed by atoms with Gasteiger partial charge in [-0.05, 0) is 70.0 Å². The monoisotopic (exact) mass is 613 g/mol. The zero-order valence-electron chi connectivity index (χ0n) is 24.0. The molecule has 0 saturated carbocycles. The topological polar surface area (TPSA) is 78.8 Å². The van der Waals surface area contributed by atoms with Crippen molar-refractivity contribution in [2.45, 2.75) is 63.1 Å². The van der Waals surface area contributed by atoms with E-state index in [1.807, 2.05) is 56.8 Å². The summed E-state index contributed by atoms with van der Waals surface area (Å²) in [5.41, 5.74) is 2.58. The van der Waals surface area contributed by atoms with Gasteiger partial charge in [0.25, 0.3) is 0 Å². The molecule has 41 heavy (non-hydrogen) atoms. The number of allylic oxidation sites excluding steroid dienone is 1. The lowest BCUT2D eigenvalue weighted by Gasteiger charge is -2.33. The average Bonchev–Trinajstić information content (AvgIpc) is 3.76. The van der Waals surface area contributed by atoms with Crippen LogP contribution in [-0.4, -0.2) is 70.5 Å². The first-order valence-electron chi connectivity index (χ1n) is 14.6. The van der Waals surface area contributed by atoms with Crippen molar-refractivity contribution in [2.24, 2.45) is 13.0 Å². The summed E-state index contributed by atoms with van der Waals surface area (Å²) in [5, 5.41) is 3.80. The van der Waals surface area contributed by atoms with Crippen molar-refractivity contribution in [1.82, 2.24) is 19.4 Å². The number of anilines is 1. The quantitative estimate of drug-likeness (QED) is 0.327. The summed E-state index contributed by atoms with van der Waals surface area (Å²) < 4.78 is 30.7. The fraction of sp³-hybridized carbons (Fsp3) is 0.533. The molecule has 3 aliphatic rings. The summed E-state index contributed by atoms with van der Waals surface area (Å²) in [6.07, 6.45) is 8.70. The molecule has 1 aromatic carbocycles. The van der Waals surface area contributed by atoms with Crippen molar-refractivity contribution >= 4 is 55.6 Å². The summed E-state index contributed by atoms with van der Waals surface area (Å²) in [4.78, 5) is 23.4. The Morgan fingerprint density at radius 3 is 2.71 bits per heavy atom. The van der Waals surface area contributed by atoms with E-state index in [9.17, 15) is 13.2 Å². The number of rotatable bonds is 8. The van der Waals surface area contributed by atoms with E-state index in [1.165, 1.54) is 16.6 Å². The number of thiazole rings is 1. The fourth-order valence-corrected chi connectivity index (χ4v) is 10.8. The van der Waals surface area contributed by atoms with Crippen LogP contribution in [0.3, 0.4) is 0 Å². The number of carbonyl (C=O) groups is 1. The number of amides is 1. The lowest BCUT2D eigenvalue weighted by molar-refractivity contribution is -0.136. The number of aromatic nitrogens is 2. The van der Waals surface area contributed by atoms with Crippen LogP contribution in [0.5, 0.6) is 0 Å². The second kappa shape index (κ2) is 11.7. The van der Waals surface area contributed by atoms with Crippen LogP contribution in [0.15, 0.2) is 41.9 Å². The molecule has 2 saturated heterocycles. The Labute approximate surface area is 251 Å². The van der Waals surface area contributed by atoms with E-state index in [1.54, 1.807) is 15.6 Å². The number of likely N-dealkylation sites (tertiary alicyclic amines) is 2. The summed E-state index contributed by atoms with van der Waals surface area (Å²) in [6.45, 7) is 8.31. The number of para-hydroxylation sites is 1. The van der Waals surface area contributed by atoms with Gasteiger partial charge in [0.1, 0.15) is 9.59 Å². The molecule has 2 aromatic heterocycles. The third-order valence-corrected chi connectivity index (χ3v) is 13.4. The molecule has 0 spiro atoms. The van der Waals surface area contributed by atoms with Crippen LogP contribution >= 0.6 is 23.1 Å². The Bertz CT molecular complexity index is 1550. The van der Waals surface area contributed by atoms with Crippen molar-refractivity contribution in [3.63, 3.8) is 0 Å². The number of fused-ring (bicyclic) bond motifs is 1. The molecule has 5 heterocycles. The molecule has 0 bridgehead atoms. The van der Waals surface area contributed by atoms with Gasteiger partial charge in [0.15, 0.2) is 0 Å². The molecule has 3 aromatic rings. The Hall–Kier alpha value is -2.34. The number of thioether (sulfide) groups is 1. The molecule has 6 rings (SSSR count). The van der Waals surface area contributed by atoms with Gasteiger partial charge in [0, 0.05) is 55.7 Å². The van der Waals surface area contributed by atoms with E-state index < -0.39 is 14.6 Å². The first-order valence-corrected chi connectivity index (χ1v) is 17.9. The van der Waals surface area contributed by atoms with Crippen molar-refractivity contribution in [1.29, 1.82) is 0 Å². The number of hydrogen-bond acceptors (Lipinski definition) is 7. The zero-order valence-corrected chi connectivity index (χ0v) is 26.5. The molecular formula is C30H39N5O3S3.